The zero-order valence-corrected chi connectivity index (χ0v) is 46.6. The summed E-state index contributed by atoms with van der Waals surface area (Å²) in [7, 11) is -0.555. The summed E-state index contributed by atoms with van der Waals surface area (Å²) >= 11 is 0. The maximum atomic E-state index is 14.5. The lowest BCUT2D eigenvalue weighted by atomic mass is 9.88. The van der Waals surface area contributed by atoms with Gasteiger partial charge in [0.15, 0.2) is 12.1 Å². The summed E-state index contributed by atoms with van der Waals surface area (Å²) in [5.41, 5.74) is 0.125. The molecule has 0 saturated heterocycles. The summed E-state index contributed by atoms with van der Waals surface area (Å²) in [6.45, 7) is 20.0. The zero-order valence-electron chi connectivity index (χ0n) is 45.7. The number of phosphoric ester groups is 1. The van der Waals surface area contributed by atoms with Crippen molar-refractivity contribution in [1.29, 1.82) is 0 Å². The standard InChI is InChI=1S/C50H79N6O18P/c1-17-35(58)25-36(41(27(4)5)74-75(68,69)70)49(66)73-42(28(6)7)39(47(63)56(15)40(48(64)65)32(11)71-16)53-44(60)31(10)54(13)45(61)29(8)51-43(59)30(9)55(14)46(62)38(24-34-21-19-18-20-22-34)72-50(67)37(23-26(2)3)52-33(12)57/h18-22,26-29,31-32,36-42H,9,17,23-25H2,1-8,10-16H3,(H,51,59)(H,52,57)(H,53,60)(H,64,65)(H2,68,69,70)/t29-,31-,32+,36-,37-,38+,39-,40-,41+,42+/m0/s1. The van der Waals surface area contributed by atoms with Gasteiger partial charge in [0.05, 0.1) is 18.1 Å². The van der Waals surface area contributed by atoms with Crippen molar-refractivity contribution < 1.29 is 86.1 Å². The number of hydrogen-bond donors (Lipinski definition) is 6. The number of nitrogens with zero attached hydrogens (tertiary/aromatic N) is 3. The molecule has 0 heterocycles. The number of ketones is 1. The van der Waals surface area contributed by atoms with Gasteiger partial charge in [0.1, 0.15) is 41.8 Å². The second-order valence-electron chi connectivity index (χ2n) is 19.5. The molecule has 0 bridgehead atoms. The number of carboxylic acid groups (broad SMARTS) is 1. The summed E-state index contributed by atoms with van der Waals surface area (Å²) in [5, 5.41) is 17.6. The molecule has 24 nitrogen and oxygen atoms in total. The van der Waals surface area contributed by atoms with Crippen molar-refractivity contribution in [3.8, 4) is 0 Å². The number of carbonyl (C=O) groups excluding carboxylic acids is 9. The molecule has 0 unspecified atom stereocenters. The number of rotatable bonds is 31. The van der Waals surface area contributed by atoms with Crippen molar-refractivity contribution in [2.75, 3.05) is 28.3 Å². The molecule has 0 saturated carbocycles. The molecule has 10 atom stereocenters. The van der Waals surface area contributed by atoms with Crippen molar-refractivity contribution in [1.82, 2.24) is 30.7 Å². The number of carbonyl (C=O) groups is 10. The highest BCUT2D eigenvalue weighted by molar-refractivity contribution is 7.46. The number of esters is 2. The van der Waals surface area contributed by atoms with E-state index in [9.17, 15) is 67.4 Å². The molecule has 75 heavy (non-hydrogen) atoms. The van der Waals surface area contributed by atoms with E-state index in [0.717, 1.165) is 21.7 Å². The lowest BCUT2D eigenvalue weighted by molar-refractivity contribution is -0.169. The molecule has 0 aliphatic heterocycles. The number of hydrogen-bond acceptors (Lipinski definition) is 15. The lowest BCUT2D eigenvalue weighted by Crippen LogP contribution is -2.63. The van der Waals surface area contributed by atoms with Gasteiger partial charge < -0.3 is 59.8 Å². The van der Waals surface area contributed by atoms with Gasteiger partial charge in [-0.2, -0.15) is 0 Å². The van der Waals surface area contributed by atoms with Crippen LogP contribution in [0, 0.1) is 23.7 Å². The number of aliphatic carboxylic acids is 1. The second kappa shape index (κ2) is 30.5. The number of phosphoric acid groups is 1. The monoisotopic (exact) mass is 1080 g/mol. The predicted molar refractivity (Wildman–Crippen MR) is 271 cm³/mol. The summed E-state index contributed by atoms with van der Waals surface area (Å²) in [5.74, 6) is -12.9. The van der Waals surface area contributed by atoms with Gasteiger partial charge in [-0.3, -0.25) is 42.9 Å². The highest BCUT2D eigenvalue weighted by atomic mass is 31.2. The van der Waals surface area contributed by atoms with E-state index < -0.39 is 151 Å². The van der Waals surface area contributed by atoms with Crippen LogP contribution in [0.2, 0.25) is 0 Å². The highest BCUT2D eigenvalue weighted by Crippen LogP contribution is 2.42. The van der Waals surface area contributed by atoms with E-state index in [1.54, 1.807) is 30.3 Å². The van der Waals surface area contributed by atoms with Crippen molar-refractivity contribution in [2.24, 2.45) is 23.7 Å². The van der Waals surface area contributed by atoms with Gasteiger partial charge in [-0.15, -0.1) is 0 Å². The topological polar surface area (TPSA) is 331 Å². The Bertz CT molecular complexity index is 2240. The Labute approximate surface area is 439 Å². The van der Waals surface area contributed by atoms with Crippen LogP contribution in [0.5, 0.6) is 0 Å². The summed E-state index contributed by atoms with van der Waals surface area (Å²) in [6, 6.07) is 0.977. The first kappa shape index (κ1) is 66.9. The van der Waals surface area contributed by atoms with Crippen LogP contribution in [0.1, 0.15) is 101 Å². The van der Waals surface area contributed by atoms with E-state index in [2.05, 4.69) is 22.5 Å². The van der Waals surface area contributed by atoms with Crippen LogP contribution in [-0.4, -0.2) is 172 Å². The van der Waals surface area contributed by atoms with Gasteiger partial charge in [-0.1, -0.05) is 85.4 Å². The van der Waals surface area contributed by atoms with Crippen molar-refractivity contribution in [3.63, 3.8) is 0 Å². The molecule has 0 aliphatic carbocycles. The molecule has 422 valence electrons. The quantitative estimate of drug-likeness (QED) is 0.0352. The number of nitrogens with one attached hydrogen (secondary N) is 3. The van der Waals surface area contributed by atoms with Gasteiger partial charge in [0, 0.05) is 54.4 Å². The predicted octanol–water partition coefficient (Wildman–Crippen LogP) is 2.13. The van der Waals surface area contributed by atoms with Crippen LogP contribution < -0.4 is 16.0 Å². The molecule has 6 amide bonds. The number of Topliss-reactive ketones (excluding diaryl/α,β-unsaturated/α-hetero) is 1. The summed E-state index contributed by atoms with van der Waals surface area (Å²) in [4.78, 5) is 157. The molecule has 0 fully saturated rings. The Morgan fingerprint density at radius 3 is 1.77 bits per heavy atom. The van der Waals surface area contributed by atoms with Crippen LogP contribution in [0.15, 0.2) is 42.6 Å². The molecule has 0 aromatic heterocycles. The van der Waals surface area contributed by atoms with E-state index in [1.807, 2.05) is 13.8 Å². The van der Waals surface area contributed by atoms with Gasteiger partial charge in [0.25, 0.3) is 11.8 Å². The van der Waals surface area contributed by atoms with E-state index in [-0.39, 0.29) is 25.2 Å². The summed E-state index contributed by atoms with van der Waals surface area (Å²) in [6.07, 6.45) is -6.48. The van der Waals surface area contributed by atoms with E-state index >= 15 is 0 Å². The molecule has 0 aliphatic rings. The van der Waals surface area contributed by atoms with E-state index in [4.69, 9.17) is 18.7 Å². The molecule has 1 aromatic rings. The molecule has 0 spiro atoms. The molecule has 25 heteroatoms. The average molecular weight is 1080 g/mol. The number of amides is 6. The van der Waals surface area contributed by atoms with E-state index in [1.165, 1.54) is 83.5 Å². The molecular weight excluding hydrogens is 1000 g/mol. The molecular formula is C50H79N6O18P. The van der Waals surface area contributed by atoms with Crippen LogP contribution >= 0.6 is 7.82 Å². The Kier molecular flexibility index (Phi) is 27.2. The minimum absolute atomic E-state index is 0.0496. The van der Waals surface area contributed by atoms with Crippen LogP contribution in [-0.2, 0) is 77.7 Å². The van der Waals surface area contributed by atoms with Gasteiger partial charge in [-0.05, 0) is 50.5 Å². The smallest absolute Gasteiger partial charge is 0.469 e. The second-order valence-corrected chi connectivity index (χ2v) is 20.7. The average Bonchev–Trinajstić information content (AvgIpc) is 3.32. The third-order valence-corrected chi connectivity index (χ3v) is 12.8. The number of methoxy groups -OCH3 is 1. The van der Waals surface area contributed by atoms with Crippen molar-refractivity contribution in [2.45, 2.75) is 156 Å². The number of benzene rings is 1. The highest BCUT2D eigenvalue weighted by Gasteiger charge is 2.45. The van der Waals surface area contributed by atoms with Crippen LogP contribution in [0.25, 0.3) is 0 Å². The first-order chi connectivity index (χ1) is 34.6. The van der Waals surface area contributed by atoms with Gasteiger partial charge in [0.2, 0.25) is 23.6 Å². The first-order valence-electron chi connectivity index (χ1n) is 24.5. The van der Waals surface area contributed by atoms with E-state index in [0.29, 0.717) is 5.56 Å². The molecule has 1 rings (SSSR count). The van der Waals surface area contributed by atoms with Gasteiger partial charge in [-0.25, -0.2) is 14.2 Å². The Hall–Kier alpha value is -6.07. The molecule has 0 radical (unpaired) electrons. The first-order valence-corrected chi connectivity index (χ1v) is 26.0. The van der Waals surface area contributed by atoms with Crippen LogP contribution in [0.4, 0.5) is 0 Å². The normalized spacial score (nSPS) is 15.6. The lowest BCUT2D eigenvalue weighted by Gasteiger charge is -2.37. The third-order valence-electron chi connectivity index (χ3n) is 12.3. The van der Waals surface area contributed by atoms with Crippen molar-refractivity contribution >= 4 is 67.0 Å². The molecule has 6 N–H and O–H groups in total. The summed E-state index contributed by atoms with van der Waals surface area (Å²) < 4.78 is 33.8. The number of ether oxygens (including phenoxy) is 3. The van der Waals surface area contributed by atoms with Gasteiger partial charge >= 0.3 is 25.7 Å². The van der Waals surface area contributed by atoms with Crippen molar-refractivity contribution in [3.05, 3.63) is 48.2 Å². The maximum absolute atomic E-state index is 14.5. The third kappa shape index (κ3) is 20.9. The number of likely N-dealkylation sites (N-methyl/N-ethyl adjacent to an activating group) is 3. The molecule has 1 aromatic carbocycles. The maximum Gasteiger partial charge on any atom is 0.469 e. The fraction of sp³-hybridized carbons (Fsp3) is 0.640. The SMILES string of the molecule is C=C(C(=O)N[C@@H](C)C(=O)N(C)[C@@H](C)C(=O)N[C@H](C(=O)N(C)[C@H](C(=O)O)[C@@H](C)OC)[C@H](OC(=O)[C@@H](CC(=O)CC)[C@H](OP(=O)(O)O)C(C)C)C(C)C)N(C)C(=O)[C@@H](Cc1ccccc1)OC(=O)[C@H](CC(C)C)NC(C)=O. The Morgan fingerprint density at radius 2 is 1.31 bits per heavy atom. The zero-order chi connectivity index (χ0) is 58.0. The largest absolute Gasteiger partial charge is 0.480 e. The minimum atomic E-state index is -5.27. The fourth-order valence-corrected chi connectivity index (χ4v) is 8.46. The fourth-order valence-electron chi connectivity index (χ4n) is 7.75. The minimum Gasteiger partial charge on any atom is -0.480 e. The van der Waals surface area contributed by atoms with Crippen LogP contribution in [0.3, 0.4) is 0 Å². The number of carboxylic acids is 1. The Balaban J connectivity index is 3.60. The Morgan fingerprint density at radius 1 is 0.747 bits per heavy atom.